The van der Waals surface area contributed by atoms with Crippen LogP contribution in [0.2, 0.25) is 0 Å². The van der Waals surface area contributed by atoms with Crippen LogP contribution >= 0.6 is 0 Å². The van der Waals surface area contributed by atoms with E-state index in [1.807, 2.05) is 30.3 Å². The van der Waals surface area contributed by atoms with E-state index < -0.39 is 24.1 Å². The van der Waals surface area contributed by atoms with Gasteiger partial charge in [-0.05, 0) is 55.4 Å². The smallest absolute Gasteiger partial charge is 0.243 e. The number of H-pyrrole nitrogens is 1. The number of aromatic nitrogens is 2. The Kier molecular flexibility index (Phi) is 14.3. The molecule has 1 aromatic carbocycles. The summed E-state index contributed by atoms with van der Waals surface area (Å²) < 4.78 is 0. The van der Waals surface area contributed by atoms with E-state index in [-0.39, 0.29) is 36.4 Å². The number of carbonyl (C=O) groups is 3. The Bertz CT molecular complexity index is 1190. The Morgan fingerprint density at radius 2 is 1.63 bits per heavy atom. The standard InChI is InChI=1S/C38H58N4O4/c1-4-29(26(2)3)21-36(44)33(20-28-15-9-6-10-16-28)41-38(46)34(23-32-24-39-25-40-32)42-37(45)31(19-27-13-7-5-8-14-27)22-35(43)30-17-11-12-18-30/h5,7-8,13-14,24-26,28-31,33-34,36,44H,4,6,9-12,15-23H2,1-3H3,(H,39,40)(H,41,46)(H,42,45)/t29-,31?,33-,34-,36-/m0/s1. The lowest BCUT2D eigenvalue weighted by atomic mass is 9.80. The van der Waals surface area contributed by atoms with Crippen molar-refractivity contribution in [3.63, 3.8) is 0 Å². The summed E-state index contributed by atoms with van der Waals surface area (Å²) in [6, 6.07) is 8.51. The number of benzene rings is 1. The van der Waals surface area contributed by atoms with Gasteiger partial charge in [0.1, 0.15) is 11.8 Å². The van der Waals surface area contributed by atoms with Gasteiger partial charge in [-0.3, -0.25) is 14.4 Å². The molecule has 2 fully saturated rings. The number of Topliss-reactive ketones (excluding diaryl/α,β-unsaturated/α-hetero) is 1. The molecule has 0 saturated heterocycles. The quantitative estimate of drug-likeness (QED) is 0.153. The van der Waals surface area contributed by atoms with Crippen LogP contribution in [0.3, 0.4) is 0 Å². The number of rotatable bonds is 18. The van der Waals surface area contributed by atoms with Crippen molar-refractivity contribution in [3.05, 3.63) is 54.1 Å². The summed E-state index contributed by atoms with van der Waals surface area (Å²) in [6.07, 6.45) is 15.5. The van der Waals surface area contributed by atoms with E-state index in [4.69, 9.17) is 0 Å². The molecule has 8 heteroatoms. The number of carbonyl (C=O) groups excluding carboxylic acids is 3. The molecular formula is C38H58N4O4. The summed E-state index contributed by atoms with van der Waals surface area (Å²) in [7, 11) is 0. The second-order valence-electron chi connectivity index (χ2n) is 14.5. The largest absolute Gasteiger partial charge is 0.391 e. The Labute approximate surface area is 276 Å². The highest BCUT2D eigenvalue weighted by Gasteiger charge is 2.34. The van der Waals surface area contributed by atoms with Gasteiger partial charge in [-0.25, -0.2) is 4.98 Å². The highest BCUT2D eigenvalue weighted by atomic mass is 16.3. The molecule has 2 amide bonds. The molecule has 2 aliphatic rings. The van der Waals surface area contributed by atoms with Crippen LogP contribution in [0.1, 0.15) is 115 Å². The minimum Gasteiger partial charge on any atom is -0.391 e. The number of ketones is 1. The fraction of sp³-hybridized carbons (Fsp3) is 0.684. The molecule has 2 aliphatic carbocycles. The molecule has 1 unspecified atom stereocenters. The van der Waals surface area contributed by atoms with Gasteiger partial charge in [0.15, 0.2) is 0 Å². The Hall–Kier alpha value is -3.00. The number of aliphatic hydroxyl groups is 1. The van der Waals surface area contributed by atoms with E-state index >= 15 is 0 Å². The molecule has 8 nitrogen and oxygen atoms in total. The van der Waals surface area contributed by atoms with Crippen LogP contribution in [-0.2, 0) is 27.2 Å². The van der Waals surface area contributed by atoms with Gasteiger partial charge in [-0.15, -0.1) is 0 Å². The number of amides is 2. The highest BCUT2D eigenvalue weighted by Crippen LogP contribution is 2.31. The summed E-state index contributed by atoms with van der Waals surface area (Å²) in [4.78, 5) is 48.6. The summed E-state index contributed by atoms with van der Waals surface area (Å²) in [6.45, 7) is 6.54. The fourth-order valence-electron chi connectivity index (χ4n) is 7.69. The number of nitrogens with one attached hydrogen (secondary N) is 3. The van der Waals surface area contributed by atoms with Crippen molar-refractivity contribution < 1.29 is 19.5 Å². The van der Waals surface area contributed by atoms with Gasteiger partial charge in [0.05, 0.1) is 18.5 Å². The number of aromatic amines is 1. The van der Waals surface area contributed by atoms with Crippen LogP contribution < -0.4 is 10.6 Å². The van der Waals surface area contributed by atoms with Gasteiger partial charge in [0.25, 0.3) is 0 Å². The second kappa shape index (κ2) is 18.4. The minimum atomic E-state index is -0.874. The summed E-state index contributed by atoms with van der Waals surface area (Å²) in [5.74, 6) is 0.261. The van der Waals surface area contributed by atoms with Crippen LogP contribution in [0.25, 0.3) is 0 Å². The van der Waals surface area contributed by atoms with Crippen molar-refractivity contribution in [3.8, 4) is 0 Å². The third-order valence-corrected chi connectivity index (χ3v) is 10.7. The molecule has 0 bridgehead atoms. The van der Waals surface area contributed by atoms with Crippen molar-refractivity contribution in [1.82, 2.24) is 20.6 Å². The number of nitrogens with zero attached hydrogens (tertiary/aromatic N) is 1. The second-order valence-corrected chi connectivity index (χ2v) is 14.5. The van der Waals surface area contributed by atoms with Gasteiger partial charge >= 0.3 is 0 Å². The summed E-state index contributed by atoms with van der Waals surface area (Å²) in [5.41, 5.74) is 1.72. The predicted octanol–water partition coefficient (Wildman–Crippen LogP) is 6.33. The van der Waals surface area contributed by atoms with Gasteiger partial charge in [0, 0.05) is 36.6 Å². The van der Waals surface area contributed by atoms with Crippen LogP contribution in [0.4, 0.5) is 0 Å². The van der Waals surface area contributed by atoms with Crippen LogP contribution in [-0.4, -0.2) is 50.9 Å². The lowest BCUT2D eigenvalue weighted by Crippen LogP contribution is -2.55. The molecule has 0 radical (unpaired) electrons. The van der Waals surface area contributed by atoms with E-state index in [9.17, 15) is 19.5 Å². The van der Waals surface area contributed by atoms with Gasteiger partial charge < -0.3 is 20.7 Å². The molecule has 2 saturated carbocycles. The number of aliphatic hydroxyl groups excluding tert-OH is 1. The maximum atomic E-state index is 14.1. The molecule has 4 N–H and O–H groups in total. The zero-order chi connectivity index (χ0) is 32.9. The Morgan fingerprint density at radius 1 is 0.935 bits per heavy atom. The maximum Gasteiger partial charge on any atom is 0.243 e. The van der Waals surface area contributed by atoms with E-state index in [1.54, 1.807) is 12.5 Å². The lowest BCUT2D eigenvalue weighted by Gasteiger charge is -2.33. The summed E-state index contributed by atoms with van der Waals surface area (Å²) >= 11 is 0. The predicted molar refractivity (Wildman–Crippen MR) is 182 cm³/mol. The number of imidazole rings is 1. The Morgan fingerprint density at radius 3 is 2.26 bits per heavy atom. The maximum absolute atomic E-state index is 14.1. The third-order valence-electron chi connectivity index (χ3n) is 10.7. The average Bonchev–Trinajstić information content (AvgIpc) is 3.79. The van der Waals surface area contributed by atoms with Crippen LogP contribution in [0.15, 0.2) is 42.9 Å². The zero-order valence-corrected chi connectivity index (χ0v) is 28.4. The first-order chi connectivity index (χ1) is 22.2. The van der Waals surface area contributed by atoms with Gasteiger partial charge in [-0.2, -0.15) is 0 Å². The molecule has 254 valence electrons. The first-order valence-corrected chi connectivity index (χ1v) is 18.1. The van der Waals surface area contributed by atoms with E-state index in [0.717, 1.165) is 62.6 Å². The highest BCUT2D eigenvalue weighted by molar-refractivity contribution is 5.92. The molecule has 5 atom stereocenters. The molecule has 0 spiro atoms. The first kappa shape index (κ1) is 35.8. The van der Waals surface area contributed by atoms with E-state index in [2.05, 4.69) is 41.4 Å². The molecular weight excluding hydrogens is 576 g/mol. The number of hydrogen-bond acceptors (Lipinski definition) is 5. The van der Waals surface area contributed by atoms with Crippen molar-refractivity contribution in [1.29, 1.82) is 0 Å². The first-order valence-electron chi connectivity index (χ1n) is 18.1. The minimum absolute atomic E-state index is 0.0231. The van der Waals surface area contributed by atoms with Crippen molar-refractivity contribution in [2.45, 2.75) is 135 Å². The molecule has 4 rings (SSSR count). The molecule has 2 aromatic rings. The van der Waals surface area contributed by atoms with Crippen LogP contribution in [0.5, 0.6) is 0 Å². The van der Waals surface area contributed by atoms with Crippen molar-refractivity contribution in [2.75, 3.05) is 0 Å². The van der Waals surface area contributed by atoms with E-state index in [1.165, 1.54) is 19.3 Å². The molecule has 1 heterocycles. The molecule has 1 aromatic heterocycles. The molecule has 46 heavy (non-hydrogen) atoms. The lowest BCUT2D eigenvalue weighted by molar-refractivity contribution is -0.134. The monoisotopic (exact) mass is 634 g/mol. The van der Waals surface area contributed by atoms with E-state index in [0.29, 0.717) is 30.6 Å². The third kappa shape index (κ3) is 11.1. The fourth-order valence-corrected chi connectivity index (χ4v) is 7.69. The van der Waals surface area contributed by atoms with Gasteiger partial charge in [-0.1, -0.05) is 102 Å². The van der Waals surface area contributed by atoms with Crippen molar-refractivity contribution >= 4 is 17.6 Å². The van der Waals surface area contributed by atoms with Gasteiger partial charge in [0.2, 0.25) is 11.8 Å². The topological polar surface area (TPSA) is 124 Å². The van der Waals surface area contributed by atoms with Crippen LogP contribution in [0, 0.1) is 29.6 Å². The normalized spacial score (nSPS) is 19.3. The summed E-state index contributed by atoms with van der Waals surface area (Å²) in [5, 5.41) is 17.8. The van der Waals surface area contributed by atoms with Crippen molar-refractivity contribution in [2.24, 2.45) is 29.6 Å². The zero-order valence-electron chi connectivity index (χ0n) is 28.4. The number of hydrogen-bond donors (Lipinski definition) is 4. The molecule has 0 aliphatic heterocycles. The SMILES string of the molecule is CC[C@@H](C[C@H](O)[C@H](CC1CCCCC1)NC(=O)[C@H](Cc1cnc[nH]1)NC(=O)C(CC(=O)C1CCCC1)Cc1ccccc1)C(C)C. The average molecular weight is 635 g/mol. The Balaban J connectivity index is 1.53.